The normalized spacial score (nSPS) is 21.0. The Kier molecular flexibility index (Phi) is 3.86. The predicted molar refractivity (Wildman–Crippen MR) is 105 cm³/mol. The molecule has 2 aromatic heterocycles. The summed E-state index contributed by atoms with van der Waals surface area (Å²) in [4.78, 5) is 33.2. The number of rotatable bonds is 2. The van der Waals surface area contributed by atoms with Crippen LogP contribution in [0.4, 0.5) is 0 Å². The topological polar surface area (TPSA) is 73.0 Å². The van der Waals surface area contributed by atoms with Gasteiger partial charge >= 0.3 is 0 Å². The van der Waals surface area contributed by atoms with Crippen LogP contribution < -0.4 is 5.56 Å². The molecule has 7 heteroatoms. The maximum atomic E-state index is 13.4. The molecular weight excluding hydrogens is 354 g/mol. The van der Waals surface area contributed by atoms with Gasteiger partial charge in [0, 0.05) is 31.7 Å². The first-order valence-corrected chi connectivity index (χ1v) is 9.92. The Bertz CT molecular complexity index is 1150. The highest BCUT2D eigenvalue weighted by Gasteiger charge is 2.41. The van der Waals surface area contributed by atoms with E-state index in [0.717, 1.165) is 36.4 Å². The van der Waals surface area contributed by atoms with E-state index < -0.39 is 0 Å². The quantitative estimate of drug-likeness (QED) is 0.686. The fraction of sp³-hybridized carbons (Fsp3) is 0.429. The maximum Gasteiger partial charge on any atom is 0.261 e. The number of carbonyl (C=O) groups is 1. The van der Waals surface area contributed by atoms with Crippen molar-refractivity contribution in [3.8, 4) is 0 Å². The van der Waals surface area contributed by atoms with Crippen LogP contribution in [-0.2, 0) is 19.5 Å². The minimum absolute atomic E-state index is 0.00414. The van der Waals surface area contributed by atoms with Crippen LogP contribution in [0.15, 0.2) is 35.3 Å². The molecule has 1 saturated heterocycles. The summed E-state index contributed by atoms with van der Waals surface area (Å²) in [5.74, 6) is 0.810. The molecule has 28 heavy (non-hydrogen) atoms. The van der Waals surface area contributed by atoms with Crippen molar-refractivity contribution in [2.45, 2.75) is 58.3 Å². The Morgan fingerprint density at radius 3 is 2.79 bits per heavy atom. The monoisotopic (exact) mass is 377 g/mol. The van der Waals surface area contributed by atoms with E-state index in [1.165, 1.54) is 0 Å². The van der Waals surface area contributed by atoms with E-state index in [1.54, 1.807) is 9.25 Å². The van der Waals surface area contributed by atoms with Gasteiger partial charge in [0.2, 0.25) is 0 Å². The number of hydrogen-bond acceptors (Lipinski definition) is 4. The van der Waals surface area contributed by atoms with Crippen molar-refractivity contribution in [2.75, 3.05) is 0 Å². The molecule has 0 spiro atoms. The molecule has 2 aliphatic heterocycles. The molecule has 2 bridgehead atoms. The van der Waals surface area contributed by atoms with Crippen LogP contribution in [0.25, 0.3) is 10.9 Å². The first-order chi connectivity index (χ1) is 13.6. The lowest BCUT2D eigenvalue weighted by molar-refractivity contribution is 0.0665. The van der Waals surface area contributed by atoms with Gasteiger partial charge < -0.3 is 4.90 Å². The third-order valence-electron chi connectivity index (χ3n) is 6.11. The molecule has 2 aliphatic rings. The molecule has 0 radical (unpaired) electrons. The Balaban J connectivity index is 1.56. The maximum absolute atomic E-state index is 13.4. The molecule has 0 saturated carbocycles. The van der Waals surface area contributed by atoms with Crippen LogP contribution in [0.2, 0.25) is 0 Å². The molecule has 7 nitrogen and oxygen atoms in total. The van der Waals surface area contributed by atoms with Crippen molar-refractivity contribution in [2.24, 2.45) is 0 Å². The van der Waals surface area contributed by atoms with Crippen LogP contribution in [-0.4, -0.2) is 42.2 Å². The number of hydrogen-bond donors (Lipinski definition) is 0. The summed E-state index contributed by atoms with van der Waals surface area (Å²) in [6.07, 6.45) is 4.31. The first-order valence-electron chi connectivity index (χ1n) is 9.92. The van der Waals surface area contributed by atoms with Gasteiger partial charge in [0.1, 0.15) is 5.82 Å². The van der Waals surface area contributed by atoms with Gasteiger partial charge in [-0.3, -0.25) is 18.8 Å². The number of nitrogens with zero attached hydrogens (tertiary/aromatic N) is 5. The van der Waals surface area contributed by atoms with Crippen molar-refractivity contribution < 1.29 is 4.79 Å². The smallest absolute Gasteiger partial charge is 0.261 e. The van der Waals surface area contributed by atoms with Crippen LogP contribution in [0.1, 0.15) is 41.6 Å². The lowest BCUT2D eigenvalue weighted by atomic mass is 10.1. The number of aryl methyl sites for hydroxylation is 2. The summed E-state index contributed by atoms with van der Waals surface area (Å²) in [7, 11) is 0. The molecule has 3 aromatic rings. The molecule has 0 aliphatic carbocycles. The summed E-state index contributed by atoms with van der Waals surface area (Å²) in [5, 5.41) is 5.07. The average Bonchev–Trinajstić information content (AvgIpc) is 3.21. The van der Waals surface area contributed by atoms with Crippen LogP contribution >= 0.6 is 0 Å². The lowest BCUT2D eigenvalue weighted by Crippen LogP contribution is -2.42. The van der Waals surface area contributed by atoms with Crippen molar-refractivity contribution in [1.82, 2.24) is 24.2 Å². The summed E-state index contributed by atoms with van der Waals surface area (Å²) < 4.78 is 3.59. The van der Waals surface area contributed by atoms with Gasteiger partial charge in [-0.25, -0.2) is 4.98 Å². The van der Waals surface area contributed by atoms with Gasteiger partial charge in [0.25, 0.3) is 11.5 Å². The minimum Gasteiger partial charge on any atom is -0.330 e. The third kappa shape index (κ3) is 2.49. The number of fused-ring (bicyclic) bond motifs is 4. The molecule has 1 amide bonds. The average molecular weight is 377 g/mol. The fourth-order valence-corrected chi connectivity index (χ4v) is 4.68. The lowest BCUT2D eigenvalue weighted by Gasteiger charge is -2.27. The van der Waals surface area contributed by atoms with Gasteiger partial charge in [-0.2, -0.15) is 5.10 Å². The molecule has 2 atom stereocenters. The number of aromatic nitrogens is 4. The Labute approximate surface area is 162 Å². The molecule has 4 heterocycles. The van der Waals surface area contributed by atoms with Crippen molar-refractivity contribution in [3.05, 3.63) is 57.9 Å². The fourth-order valence-electron chi connectivity index (χ4n) is 4.68. The van der Waals surface area contributed by atoms with Gasteiger partial charge in [-0.05, 0) is 38.8 Å². The highest BCUT2D eigenvalue weighted by atomic mass is 16.2. The number of carbonyl (C=O) groups excluding carboxylic acids is 1. The molecule has 5 rings (SSSR count). The Hall–Kier alpha value is -2.96. The van der Waals surface area contributed by atoms with Crippen LogP contribution in [0.3, 0.4) is 0 Å². The summed E-state index contributed by atoms with van der Waals surface area (Å²) in [5.41, 5.74) is 2.15. The van der Waals surface area contributed by atoms with Gasteiger partial charge in [-0.15, -0.1) is 0 Å². The van der Waals surface area contributed by atoms with E-state index in [0.29, 0.717) is 23.9 Å². The van der Waals surface area contributed by atoms with Crippen LogP contribution in [0, 0.1) is 6.92 Å². The highest BCUT2D eigenvalue weighted by Crippen LogP contribution is 2.32. The second kappa shape index (κ2) is 6.29. The van der Waals surface area contributed by atoms with E-state index in [2.05, 4.69) is 5.10 Å². The van der Waals surface area contributed by atoms with Gasteiger partial charge in [0.15, 0.2) is 0 Å². The molecule has 144 valence electrons. The predicted octanol–water partition coefficient (Wildman–Crippen LogP) is 2.15. The molecule has 0 N–H and O–H groups in total. The van der Waals surface area contributed by atoms with Crippen molar-refractivity contribution in [3.63, 3.8) is 0 Å². The van der Waals surface area contributed by atoms with Gasteiger partial charge in [0.05, 0.1) is 28.2 Å². The zero-order chi connectivity index (χ0) is 19.4. The number of benzene rings is 1. The Morgan fingerprint density at radius 2 is 2.00 bits per heavy atom. The number of amides is 1. The van der Waals surface area contributed by atoms with E-state index >= 15 is 0 Å². The largest absolute Gasteiger partial charge is 0.330 e. The second-order valence-corrected chi connectivity index (χ2v) is 7.75. The SMILES string of the molecule is CCn1cc(C(=O)N2C3CCC2Cn2c(nc4ccccc4c2=O)C3)c(C)n1. The highest BCUT2D eigenvalue weighted by molar-refractivity contribution is 5.95. The van der Waals surface area contributed by atoms with Gasteiger partial charge in [-0.1, -0.05) is 12.1 Å². The number of para-hydroxylation sites is 1. The summed E-state index contributed by atoms with van der Waals surface area (Å²) in [6, 6.07) is 7.57. The van der Waals surface area contributed by atoms with E-state index in [4.69, 9.17) is 4.98 Å². The minimum atomic E-state index is -0.00414. The third-order valence-corrected chi connectivity index (χ3v) is 6.11. The van der Waals surface area contributed by atoms with E-state index in [-0.39, 0.29) is 23.6 Å². The molecule has 1 aromatic carbocycles. The summed E-state index contributed by atoms with van der Waals surface area (Å²) in [6.45, 7) is 5.13. The summed E-state index contributed by atoms with van der Waals surface area (Å²) >= 11 is 0. The van der Waals surface area contributed by atoms with Crippen molar-refractivity contribution in [1.29, 1.82) is 0 Å². The molecule has 1 fully saturated rings. The van der Waals surface area contributed by atoms with Crippen LogP contribution in [0.5, 0.6) is 0 Å². The van der Waals surface area contributed by atoms with E-state index in [1.807, 2.05) is 49.2 Å². The first kappa shape index (κ1) is 17.2. The second-order valence-electron chi connectivity index (χ2n) is 7.75. The zero-order valence-corrected chi connectivity index (χ0v) is 16.1. The molecule has 2 unspecified atom stereocenters. The van der Waals surface area contributed by atoms with Crippen molar-refractivity contribution >= 4 is 16.8 Å². The molecular formula is C21H23N5O2. The Morgan fingerprint density at radius 1 is 1.21 bits per heavy atom. The standard InChI is InChI=1S/C21H23N5O2/c1-3-24-12-17(13(2)23-24)21(28)26-14-8-9-15(26)11-25-19(10-14)22-18-7-5-4-6-16(18)20(25)27/h4-7,12,14-15H,3,8-11H2,1-2H3. The van der Waals surface area contributed by atoms with E-state index in [9.17, 15) is 9.59 Å². The zero-order valence-electron chi connectivity index (χ0n) is 16.1.